The molecule has 0 aliphatic heterocycles. The molecule has 1 atom stereocenters. The highest BCUT2D eigenvalue weighted by atomic mass is 32.2. The van der Waals surface area contributed by atoms with Crippen molar-refractivity contribution < 1.29 is 22.8 Å². The van der Waals surface area contributed by atoms with Gasteiger partial charge in [0.1, 0.15) is 0 Å². The lowest BCUT2D eigenvalue weighted by Gasteiger charge is -2.16. The Kier molecular flexibility index (Phi) is 6.90. The lowest BCUT2D eigenvalue weighted by atomic mass is 10.1. The Bertz CT molecular complexity index is 807. The Hall–Kier alpha value is -2.48. The summed E-state index contributed by atoms with van der Waals surface area (Å²) in [6, 6.07) is 12.0. The topological polar surface area (TPSA) is 58.2 Å². The van der Waals surface area contributed by atoms with Crippen molar-refractivity contribution in [3.8, 4) is 0 Å². The molecule has 144 valence electrons. The molecule has 0 saturated carbocycles. The second-order valence-corrected chi connectivity index (χ2v) is 7.23. The minimum absolute atomic E-state index is 0.00335. The summed E-state index contributed by atoms with van der Waals surface area (Å²) >= 11 is 1.04. The number of anilines is 2. The van der Waals surface area contributed by atoms with Crippen LogP contribution in [0, 0.1) is 6.92 Å². The highest BCUT2D eigenvalue weighted by molar-refractivity contribution is 8.01. The first-order valence-electron chi connectivity index (χ1n) is 8.12. The van der Waals surface area contributed by atoms with Gasteiger partial charge in [0.25, 0.3) is 0 Å². The number of amides is 2. The fraction of sp³-hybridized carbons (Fsp3) is 0.263. The third-order valence-electron chi connectivity index (χ3n) is 3.66. The van der Waals surface area contributed by atoms with Crippen LogP contribution >= 0.6 is 11.8 Å². The molecule has 2 aromatic carbocycles. The van der Waals surface area contributed by atoms with Crippen LogP contribution in [0.3, 0.4) is 0 Å². The molecule has 0 bridgehead atoms. The third kappa shape index (κ3) is 6.32. The molecule has 0 saturated heterocycles. The van der Waals surface area contributed by atoms with Gasteiger partial charge in [-0.05, 0) is 38.1 Å². The molecule has 4 nitrogen and oxygen atoms in total. The van der Waals surface area contributed by atoms with Gasteiger partial charge >= 0.3 is 6.18 Å². The lowest BCUT2D eigenvalue weighted by molar-refractivity contribution is -0.137. The van der Waals surface area contributed by atoms with Gasteiger partial charge in [-0.15, -0.1) is 11.8 Å². The summed E-state index contributed by atoms with van der Waals surface area (Å²) in [7, 11) is 0. The van der Waals surface area contributed by atoms with E-state index in [1.54, 1.807) is 12.1 Å². The maximum atomic E-state index is 13.0. The highest BCUT2D eigenvalue weighted by Gasteiger charge is 2.33. The molecule has 0 radical (unpaired) electrons. The van der Waals surface area contributed by atoms with E-state index in [9.17, 15) is 22.8 Å². The van der Waals surface area contributed by atoms with Crippen LogP contribution in [-0.4, -0.2) is 22.8 Å². The normalized spacial score (nSPS) is 12.3. The molecule has 0 fully saturated rings. The fourth-order valence-electron chi connectivity index (χ4n) is 2.18. The van der Waals surface area contributed by atoms with Gasteiger partial charge < -0.3 is 10.6 Å². The molecule has 2 aromatic rings. The van der Waals surface area contributed by atoms with Crippen molar-refractivity contribution in [3.05, 3.63) is 59.7 Å². The Labute approximate surface area is 159 Å². The van der Waals surface area contributed by atoms with Crippen LogP contribution < -0.4 is 10.6 Å². The minimum Gasteiger partial charge on any atom is -0.325 e. The quantitative estimate of drug-likeness (QED) is 0.743. The number of hydrogen-bond donors (Lipinski definition) is 2. The number of alkyl halides is 3. The van der Waals surface area contributed by atoms with E-state index in [2.05, 4.69) is 10.6 Å². The Morgan fingerprint density at radius 3 is 2.30 bits per heavy atom. The second-order valence-electron chi connectivity index (χ2n) is 5.90. The number of halogens is 3. The number of carbonyl (C=O) groups is 2. The average molecular weight is 396 g/mol. The summed E-state index contributed by atoms with van der Waals surface area (Å²) in [5, 5.41) is 4.29. The van der Waals surface area contributed by atoms with Crippen molar-refractivity contribution in [2.75, 3.05) is 16.4 Å². The summed E-state index contributed by atoms with van der Waals surface area (Å²) in [5.74, 6) is -0.886. The summed E-state index contributed by atoms with van der Waals surface area (Å²) in [6.45, 7) is 3.47. The van der Waals surface area contributed by atoms with Crippen molar-refractivity contribution in [3.63, 3.8) is 0 Å². The zero-order valence-corrected chi connectivity index (χ0v) is 15.6. The molecule has 2 N–H and O–H groups in total. The fourth-order valence-corrected chi connectivity index (χ4v) is 2.87. The summed E-state index contributed by atoms with van der Waals surface area (Å²) in [4.78, 5) is 24.1. The van der Waals surface area contributed by atoms with Crippen molar-refractivity contribution in [2.45, 2.75) is 25.3 Å². The molecule has 2 rings (SSSR count). The first-order valence-corrected chi connectivity index (χ1v) is 9.17. The number of hydrogen-bond acceptors (Lipinski definition) is 3. The van der Waals surface area contributed by atoms with Gasteiger partial charge in [0, 0.05) is 5.69 Å². The summed E-state index contributed by atoms with van der Waals surface area (Å²) in [5.41, 5.74) is 0.494. The van der Waals surface area contributed by atoms with Crippen LogP contribution in [0.25, 0.3) is 0 Å². The maximum Gasteiger partial charge on any atom is 0.418 e. The average Bonchev–Trinajstić information content (AvgIpc) is 2.61. The van der Waals surface area contributed by atoms with E-state index in [-0.39, 0.29) is 17.3 Å². The predicted octanol–water partition coefficient (Wildman–Crippen LogP) is 4.71. The monoisotopic (exact) mass is 396 g/mol. The SMILES string of the molecule is Cc1ccc(NC(=O)CS[C@@H](C)C(=O)Nc2ccccc2C(F)(F)F)cc1. The zero-order valence-electron chi connectivity index (χ0n) is 14.8. The largest absolute Gasteiger partial charge is 0.418 e. The van der Waals surface area contributed by atoms with E-state index in [0.29, 0.717) is 5.69 Å². The van der Waals surface area contributed by atoms with Crippen molar-refractivity contribution >= 4 is 35.0 Å². The van der Waals surface area contributed by atoms with E-state index in [1.165, 1.54) is 25.1 Å². The zero-order chi connectivity index (χ0) is 20.0. The number of benzene rings is 2. The molecular formula is C19H19F3N2O2S. The van der Waals surface area contributed by atoms with E-state index >= 15 is 0 Å². The molecule has 0 aliphatic rings. The Morgan fingerprint density at radius 2 is 1.67 bits per heavy atom. The van der Waals surface area contributed by atoms with Gasteiger partial charge in [0.2, 0.25) is 11.8 Å². The van der Waals surface area contributed by atoms with Gasteiger partial charge in [0.15, 0.2) is 0 Å². The second kappa shape index (κ2) is 8.94. The van der Waals surface area contributed by atoms with Crippen molar-refractivity contribution in [1.29, 1.82) is 0 Å². The van der Waals surface area contributed by atoms with Gasteiger partial charge in [0.05, 0.1) is 22.3 Å². The van der Waals surface area contributed by atoms with Crippen LogP contribution in [0.1, 0.15) is 18.1 Å². The molecule has 27 heavy (non-hydrogen) atoms. The van der Waals surface area contributed by atoms with Gasteiger partial charge in [-0.2, -0.15) is 13.2 Å². The number of thioether (sulfide) groups is 1. The minimum atomic E-state index is -4.56. The van der Waals surface area contributed by atoms with Gasteiger partial charge in [-0.3, -0.25) is 9.59 Å². The number of aryl methyl sites for hydroxylation is 1. The highest BCUT2D eigenvalue weighted by Crippen LogP contribution is 2.34. The maximum absolute atomic E-state index is 13.0. The van der Waals surface area contributed by atoms with Crippen molar-refractivity contribution in [2.24, 2.45) is 0 Å². The van der Waals surface area contributed by atoms with Crippen LogP contribution in [0.5, 0.6) is 0 Å². The summed E-state index contributed by atoms with van der Waals surface area (Å²) < 4.78 is 38.9. The van der Waals surface area contributed by atoms with E-state index in [1.807, 2.05) is 19.1 Å². The lowest BCUT2D eigenvalue weighted by Crippen LogP contribution is -2.26. The molecule has 0 heterocycles. The number of carbonyl (C=O) groups excluding carboxylic acids is 2. The molecule has 0 aromatic heterocycles. The Morgan fingerprint density at radius 1 is 1.04 bits per heavy atom. The predicted molar refractivity (Wildman–Crippen MR) is 102 cm³/mol. The number of para-hydroxylation sites is 1. The number of nitrogens with one attached hydrogen (secondary N) is 2. The molecule has 0 aliphatic carbocycles. The molecular weight excluding hydrogens is 377 g/mol. The first-order chi connectivity index (χ1) is 12.7. The molecule has 8 heteroatoms. The molecule has 0 spiro atoms. The van der Waals surface area contributed by atoms with E-state index in [4.69, 9.17) is 0 Å². The first kappa shape index (κ1) is 20.8. The van der Waals surface area contributed by atoms with Crippen LogP contribution in [0.2, 0.25) is 0 Å². The molecule has 0 unspecified atom stereocenters. The number of rotatable bonds is 6. The van der Waals surface area contributed by atoms with Gasteiger partial charge in [-0.1, -0.05) is 29.8 Å². The van der Waals surface area contributed by atoms with Gasteiger partial charge in [-0.25, -0.2) is 0 Å². The van der Waals surface area contributed by atoms with Crippen LogP contribution in [0.4, 0.5) is 24.5 Å². The standard InChI is InChI=1S/C19H19F3N2O2S/c1-12-7-9-14(10-8-12)23-17(25)11-27-13(2)18(26)24-16-6-4-3-5-15(16)19(20,21)22/h3-10,13H,11H2,1-2H3,(H,23,25)(H,24,26)/t13-/m0/s1. The third-order valence-corrected chi connectivity index (χ3v) is 4.80. The van der Waals surface area contributed by atoms with Crippen LogP contribution in [0.15, 0.2) is 48.5 Å². The summed E-state index contributed by atoms with van der Waals surface area (Å²) in [6.07, 6.45) is -4.56. The molecule has 2 amide bonds. The Balaban J connectivity index is 1.89. The smallest absolute Gasteiger partial charge is 0.325 e. The van der Waals surface area contributed by atoms with E-state index < -0.39 is 22.9 Å². The van der Waals surface area contributed by atoms with Crippen molar-refractivity contribution in [1.82, 2.24) is 0 Å². The van der Waals surface area contributed by atoms with E-state index in [0.717, 1.165) is 23.4 Å². The van der Waals surface area contributed by atoms with Crippen LogP contribution in [-0.2, 0) is 15.8 Å².